The Labute approximate surface area is 91.9 Å². The second-order valence-electron chi connectivity index (χ2n) is 3.06. The molecule has 75 valence electrons. The van der Waals surface area contributed by atoms with Crippen LogP contribution in [0.4, 0.5) is 4.39 Å². The van der Waals surface area contributed by atoms with Crippen molar-refractivity contribution in [2.75, 3.05) is 0 Å². The molecule has 0 atom stereocenters. The van der Waals surface area contributed by atoms with Crippen LogP contribution in [-0.2, 0) is 0 Å². The van der Waals surface area contributed by atoms with Crippen molar-refractivity contribution in [2.45, 2.75) is 0 Å². The van der Waals surface area contributed by atoms with Crippen molar-refractivity contribution in [3.8, 4) is 11.1 Å². The lowest BCUT2D eigenvalue weighted by Crippen LogP contribution is -1.73. The Bertz CT molecular complexity index is 469. The number of hydrogen-bond donors (Lipinski definition) is 0. The van der Waals surface area contributed by atoms with Crippen molar-refractivity contribution in [3.63, 3.8) is 0 Å². The number of nitrogens with zero attached hydrogens (tertiary/aromatic N) is 1. The molecule has 0 bridgehead atoms. The van der Waals surface area contributed by atoms with Crippen LogP contribution in [-0.4, -0.2) is 4.98 Å². The average molecular weight is 218 g/mol. The molecule has 2 rings (SSSR count). The highest BCUT2D eigenvalue weighted by Crippen LogP contribution is 2.26. The standard InChI is InChI=1S/C12H9FNS/c1-9(13)6-12-7-11(8-15-12)10-2-4-14-5-3-10/h2-8H,1H2/b9-6+. The summed E-state index contributed by atoms with van der Waals surface area (Å²) in [6, 6.07) is 5.79. The van der Waals surface area contributed by atoms with Gasteiger partial charge in [0.15, 0.2) is 0 Å². The van der Waals surface area contributed by atoms with Crippen LogP contribution in [0.1, 0.15) is 4.88 Å². The van der Waals surface area contributed by atoms with Crippen LogP contribution in [0.2, 0.25) is 0 Å². The molecular weight excluding hydrogens is 209 g/mol. The molecule has 1 radical (unpaired) electrons. The van der Waals surface area contributed by atoms with Gasteiger partial charge in [0.1, 0.15) is 5.83 Å². The number of thiophene rings is 1. The van der Waals surface area contributed by atoms with E-state index in [0.29, 0.717) is 0 Å². The van der Waals surface area contributed by atoms with Gasteiger partial charge in [-0.2, -0.15) is 0 Å². The highest BCUT2D eigenvalue weighted by atomic mass is 32.1. The van der Waals surface area contributed by atoms with Crippen LogP contribution >= 0.6 is 11.3 Å². The second kappa shape index (κ2) is 4.36. The largest absolute Gasteiger partial charge is 0.265 e. The molecule has 2 heterocycles. The van der Waals surface area contributed by atoms with Crippen LogP contribution < -0.4 is 0 Å². The van der Waals surface area contributed by atoms with Crippen molar-refractivity contribution in [2.24, 2.45) is 0 Å². The Hall–Kier alpha value is -1.48. The summed E-state index contributed by atoms with van der Waals surface area (Å²) in [5.41, 5.74) is 2.17. The van der Waals surface area contributed by atoms with Gasteiger partial charge in [-0.15, -0.1) is 11.3 Å². The van der Waals surface area contributed by atoms with Gasteiger partial charge in [0, 0.05) is 24.2 Å². The Morgan fingerprint density at radius 3 is 2.73 bits per heavy atom. The molecule has 1 nitrogen and oxygen atoms in total. The zero-order valence-electron chi connectivity index (χ0n) is 7.98. The Morgan fingerprint density at radius 2 is 2.07 bits per heavy atom. The molecule has 0 unspecified atom stereocenters. The quantitative estimate of drug-likeness (QED) is 0.743. The predicted molar refractivity (Wildman–Crippen MR) is 62.0 cm³/mol. The maximum absolute atomic E-state index is 12.5. The van der Waals surface area contributed by atoms with Gasteiger partial charge in [0.2, 0.25) is 0 Å². The van der Waals surface area contributed by atoms with E-state index in [9.17, 15) is 4.39 Å². The molecule has 0 aliphatic rings. The Kier molecular flexibility index (Phi) is 2.92. The lowest BCUT2D eigenvalue weighted by molar-refractivity contribution is 0.673. The van der Waals surface area contributed by atoms with E-state index < -0.39 is 5.83 Å². The summed E-state index contributed by atoms with van der Waals surface area (Å²) >= 11 is 1.50. The van der Waals surface area contributed by atoms with Gasteiger partial charge in [-0.1, -0.05) is 0 Å². The molecule has 0 spiro atoms. The minimum Gasteiger partial charge on any atom is -0.265 e. The van der Waals surface area contributed by atoms with Crippen molar-refractivity contribution in [3.05, 3.63) is 53.6 Å². The lowest BCUT2D eigenvalue weighted by atomic mass is 10.1. The van der Waals surface area contributed by atoms with Crippen LogP contribution in [0.3, 0.4) is 0 Å². The summed E-state index contributed by atoms with van der Waals surface area (Å²) in [7, 11) is 0. The van der Waals surface area contributed by atoms with Crippen LogP contribution in [0, 0.1) is 6.92 Å². The molecule has 0 saturated carbocycles. The van der Waals surface area contributed by atoms with E-state index in [1.54, 1.807) is 12.4 Å². The highest BCUT2D eigenvalue weighted by Gasteiger charge is 2.00. The number of halogens is 1. The number of allylic oxidation sites excluding steroid dienone is 1. The molecule has 0 N–H and O–H groups in total. The second-order valence-corrected chi connectivity index (χ2v) is 4.01. The van der Waals surface area contributed by atoms with Gasteiger partial charge >= 0.3 is 0 Å². The van der Waals surface area contributed by atoms with Crippen molar-refractivity contribution in [1.82, 2.24) is 4.98 Å². The lowest BCUT2D eigenvalue weighted by Gasteiger charge is -1.93. The molecule has 2 aromatic heterocycles. The summed E-state index contributed by atoms with van der Waals surface area (Å²) in [5.74, 6) is -0.418. The third-order valence-corrected chi connectivity index (χ3v) is 2.81. The van der Waals surface area contributed by atoms with Crippen LogP contribution in [0.5, 0.6) is 0 Å². The van der Waals surface area contributed by atoms with Crippen LogP contribution in [0.15, 0.2) is 41.8 Å². The maximum Gasteiger partial charge on any atom is 0.102 e. The van der Waals surface area contributed by atoms with Gasteiger partial charge in [-0.3, -0.25) is 4.98 Å². The smallest absolute Gasteiger partial charge is 0.102 e. The highest BCUT2D eigenvalue weighted by molar-refractivity contribution is 7.11. The Morgan fingerprint density at radius 1 is 1.33 bits per heavy atom. The fraction of sp³-hybridized carbons (Fsp3) is 0. The molecule has 3 heteroatoms. The molecule has 2 aromatic rings. The summed E-state index contributed by atoms with van der Waals surface area (Å²) in [5, 5.41) is 1.99. The minimum atomic E-state index is -0.418. The first-order chi connectivity index (χ1) is 7.25. The first-order valence-corrected chi connectivity index (χ1v) is 5.32. The SMILES string of the molecule is [CH2]/C(F)=C\c1cc(-c2ccncc2)cs1. The number of hydrogen-bond acceptors (Lipinski definition) is 2. The fourth-order valence-corrected chi connectivity index (χ4v) is 2.14. The van der Waals surface area contributed by atoms with E-state index in [2.05, 4.69) is 11.9 Å². The number of pyridine rings is 1. The molecule has 0 aliphatic carbocycles. The van der Waals surface area contributed by atoms with Crippen molar-refractivity contribution >= 4 is 17.4 Å². The molecular formula is C12H9FNS. The van der Waals surface area contributed by atoms with E-state index in [0.717, 1.165) is 16.0 Å². The van der Waals surface area contributed by atoms with E-state index in [-0.39, 0.29) is 0 Å². The van der Waals surface area contributed by atoms with E-state index in [1.807, 2.05) is 23.6 Å². The van der Waals surface area contributed by atoms with E-state index in [4.69, 9.17) is 0 Å². The minimum absolute atomic E-state index is 0.418. The molecule has 0 amide bonds. The number of aromatic nitrogens is 1. The van der Waals surface area contributed by atoms with E-state index in [1.165, 1.54) is 17.4 Å². The molecule has 0 aromatic carbocycles. The maximum atomic E-state index is 12.5. The fourth-order valence-electron chi connectivity index (χ4n) is 1.28. The molecule has 0 saturated heterocycles. The molecule has 0 fully saturated rings. The van der Waals surface area contributed by atoms with Crippen molar-refractivity contribution < 1.29 is 4.39 Å². The average Bonchev–Trinajstić information content (AvgIpc) is 2.67. The van der Waals surface area contributed by atoms with Gasteiger partial charge in [-0.25, -0.2) is 4.39 Å². The zero-order chi connectivity index (χ0) is 10.7. The third kappa shape index (κ3) is 2.50. The number of rotatable bonds is 2. The third-order valence-electron chi connectivity index (χ3n) is 1.93. The summed E-state index contributed by atoms with van der Waals surface area (Å²) in [4.78, 5) is 4.82. The van der Waals surface area contributed by atoms with E-state index >= 15 is 0 Å². The summed E-state index contributed by atoms with van der Waals surface area (Å²) in [6.45, 7) is 3.21. The van der Waals surface area contributed by atoms with Gasteiger partial charge in [-0.05, 0) is 40.8 Å². The zero-order valence-corrected chi connectivity index (χ0v) is 8.80. The van der Waals surface area contributed by atoms with Crippen molar-refractivity contribution in [1.29, 1.82) is 0 Å². The monoisotopic (exact) mass is 218 g/mol. The van der Waals surface area contributed by atoms with Gasteiger partial charge in [0.05, 0.1) is 0 Å². The first kappa shape index (κ1) is 10.1. The summed E-state index contributed by atoms with van der Waals surface area (Å²) < 4.78 is 12.5. The normalized spacial score (nSPS) is 11.7. The summed E-state index contributed by atoms with van der Waals surface area (Å²) in [6.07, 6.45) is 4.91. The Balaban J connectivity index is 2.32. The molecule has 15 heavy (non-hydrogen) atoms. The van der Waals surface area contributed by atoms with Gasteiger partial charge in [0.25, 0.3) is 0 Å². The first-order valence-electron chi connectivity index (χ1n) is 4.44. The van der Waals surface area contributed by atoms with Crippen LogP contribution in [0.25, 0.3) is 17.2 Å². The van der Waals surface area contributed by atoms with Gasteiger partial charge < -0.3 is 0 Å². The molecule has 0 aliphatic heterocycles. The topological polar surface area (TPSA) is 12.9 Å². The predicted octanol–water partition coefficient (Wildman–Crippen LogP) is 3.95.